The smallest absolute Gasteiger partial charge is 0.387 e. The molecule has 1 heterocycles. The van der Waals surface area contributed by atoms with Crippen LogP contribution in [-0.4, -0.2) is 34.6 Å². The second-order valence-corrected chi connectivity index (χ2v) is 6.71. The van der Waals surface area contributed by atoms with Crippen LogP contribution in [0.2, 0.25) is 5.15 Å². The van der Waals surface area contributed by atoms with Gasteiger partial charge in [-0.15, -0.1) is 0 Å². The molecule has 26 heavy (non-hydrogen) atoms. The molecular formula is C15H25ClN8O2. The molecule has 0 aromatic carbocycles. The molecule has 144 valence electrons. The third-order valence-corrected chi connectivity index (χ3v) is 4.53. The van der Waals surface area contributed by atoms with Crippen LogP contribution in [-0.2, 0) is 0 Å². The van der Waals surface area contributed by atoms with Crippen molar-refractivity contribution >= 4 is 35.3 Å². The van der Waals surface area contributed by atoms with Gasteiger partial charge < -0.3 is 32.6 Å². The summed E-state index contributed by atoms with van der Waals surface area (Å²) in [7, 11) is 0. The Kier molecular flexibility index (Phi) is 7.07. The number of carbonyl (C=O) groups excluding carboxylic acids is 1. The largest absolute Gasteiger partial charge is 0.414 e. The van der Waals surface area contributed by atoms with Crippen LogP contribution in [0.15, 0.2) is 0 Å². The molecule has 0 spiro atoms. The normalized spacial score (nSPS) is 15.9. The Balaban J connectivity index is 1.89. The maximum atomic E-state index is 12.0. The summed E-state index contributed by atoms with van der Waals surface area (Å²) in [5.74, 6) is 0.0140. The average Bonchev–Trinajstić information content (AvgIpc) is 2.58. The van der Waals surface area contributed by atoms with Gasteiger partial charge in [-0.05, 0) is 12.3 Å². The van der Waals surface area contributed by atoms with E-state index >= 15 is 0 Å². The lowest BCUT2D eigenvalue weighted by atomic mass is 9.85. The molecule has 1 atom stereocenters. The SMILES string of the molecule is N=C(N)N[C@H](CNC(=O)Oc1nc(Cl)c(N)nc1N)CC1CCCCC1. The number of rotatable bonds is 6. The van der Waals surface area contributed by atoms with E-state index in [1.54, 1.807) is 0 Å². The quantitative estimate of drug-likeness (QED) is 0.312. The van der Waals surface area contributed by atoms with E-state index in [9.17, 15) is 4.79 Å². The summed E-state index contributed by atoms with van der Waals surface area (Å²) in [5.41, 5.74) is 16.5. The Labute approximate surface area is 156 Å². The van der Waals surface area contributed by atoms with Gasteiger partial charge in [0.05, 0.1) is 0 Å². The van der Waals surface area contributed by atoms with Crippen molar-refractivity contribution in [3.8, 4) is 5.88 Å². The van der Waals surface area contributed by atoms with Crippen molar-refractivity contribution in [3.05, 3.63) is 5.15 Å². The number of anilines is 2. The number of carbonyl (C=O) groups is 1. The Hall–Kier alpha value is -2.49. The van der Waals surface area contributed by atoms with Crippen molar-refractivity contribution in [3.63, 3.8) is 0 Å². The average molecular weight is 385 g/mol. The first-order valence-electron chi connectivity index (χ1n) is 8.50. The van der Waals surface area contributed by atoms with E-state index in [2.05, 4.69) is 20.6 Å². The molecule has 0 unspecified atom stereocenters. The monoisotopic (exact) mass is 384 g/mol. The minimum Gasteiger partial charge on any atom is -0.387 e. The van der Waals surface area contributed by atoms with E-state index < -0.39 is 6.09 Å². The Bertz CT molecular complexity index is 651. The molecule has 0 radical (unpaired) electrons. The molecule has 2 rings (SSSR count). The highest BCUT2D eigenvalue weighted by molar-refractivity contribution is 6.31. The van der Waals surface area contributed by atoms with Crippen LogP contribution in [0.4, 0.5) is 16.4 Å². The topological polar surface area (TPSA) is 178 Å². The molecule has 0 aliphatic heterocycles. The van der Waals surface area contributed by atoms with Crippen molar-refractivity contribution < 1.29 is 9.53 Å². The Morgan fingerprint density at radius 1 is 1.27 bits per heavy atom. The molecule has 1 aromatic heterocycles. The summed E-state index contributed by atoms with van der Waals surface area (Å²) in [6, 6.07) is -0.165. The molecule has 11 heteroatoms. The van der Waals surface area contributed by atoms with Crippen LogP contribution >= 0.6 is 11.6 Å². The van der Waals surface area contributed by atoms with Crippen molar-refractivity contribution in [1.82, 2.24) is 20.6 Å². The maximum Gasteiger partial charge on any atom is 0.414 e. The number of nitrogen functional groups attached to an aromatic ring is 2. The zero-order valence-corrected chi connectivity index (χ0v) is 15.2. The second-order valence-electron chi connectivity index (χ2n) is 6.36. The fourth-order valence-electron chi connectivity index (χ4n) is 3.07. The number of nitrogens with zero attached hydrogens (tertiary/aromatic N) is 2. The molecule has 0 saturated heterocycles. The van der Waals surface area contributed by atoms with Gasteiger partial charge in [0.2, 0.25) is 0 Å². The molecule has 1 saturated carbocycles. The van der Waals surface area contributed by atoms with Gasteiger partial charge in [0.1, 0.15) is 0 Å². The minimum absolute atomic E-state index is 0.0462. The van der Waals surface area contributed by atoms with Gasteiger partial charge in [0.25, 0.3) is 5.88 Å². The zero-order chi connectivity index (χ0) is 19.1. The van der Waals surface area contributed by atoms with Crippen LogP contribution in [0.3, 0.4) is 0 Å². The number of hydrogen-bond acceptors (Lipinski definition) is 7. The van der Waals surface area contributed by atoms with Crippen molar-refractivity contribution in [2.24, 2.45) is 11.7 Å². The fourth-order valence-corrected chi connectivity index (χ4v) is 3.19. The van der Waals surface area contributed by atoms with E-state index in [0.717, 1.165) is 19.3 Å². The van der Waals surface area contributed by atoms with Gasteiger partial charge in [-0.3, -0.25) is 5.41 Å². The first-order chi connectivity index (χ1) is 12.3. The van der Waals surface area contributed by atoms with E-state index in [1.807, 2.05) is 0 Å². The standard InChI is InChI=1S/C15H25ClN8O2/c16-10-11(17)24-12(18)13(23-10)26-15(25)21-7-9(22-14(19)20)6-8-4-2-1-3-5-8/h8-9H,1-7H2,(H,21,25)(H4,17,18,24)(H4,19,20,22)/t9-/m0/s1. The van der Waals surface area contributed by atoms with Crippen molar-refractivity contribution in [2.75, 3.05) is 18.0 Å². The lowest BCUT2D eigenvalue weighted by Gasteiger charge is -2.27. The number of nitrogens with two attached hydrogens (primary N) is 3. The third-order valence-electron chi connectivity index (χ3n) is 4.26. The summed E-state index contributed by atoms with van der Waals surface area (Å²) in [6.45, 7) is 0.241. The van der Waals surface area contributed by atoms with Crippen LogP contribution in [0.25, 0.3) is 0 Å². The second kappa shape index (κ2) is 9.27. The Morgan fingerprint density at radius 2 is 1.96 bits per heavy atom. The van der Waals surface area contributed by atoms with Crippen LogP contribution in [0.1, 0.15) is 38.5 Å². The molecule has 0 bridgehead atoms. The van der Waals surface area contributed by atoms with Gasteiger partial charge in [-0.2, -0.15) is 4.98 Å². The molecule has 10 nitrogen and oxygen atoms in total. The molecule has 1 amide bonds. The number of hydrogen-bond donors (Lipinski definition) is 6. The van der Waals surface area contributed by atoms with Gasteiger partial charge in [0, 0.05) is 12.6 Å². The van der Waals surface area contributed by atoms with E-state index in [-0.39, 0.29) is 41.2 Å². The summed E-state index contributed by atoms with van der Waals surface area (Å²) in [6.07, 6.45) is 6.04. The molecule has 1 aliphatic rings. The third kappa shape index (κ3) is 6.10. The van der Waals surface area contributed by atoms with Gasteiger partial charge in [-0.25, -0.2) is 9.78 Å². The highest BCUT2D eigenvalue weighted by Crippen LogP contribution is 2.27. The van der Waals surface area contributed by atoms with Crippen molar-refractivity contribution in [1.29, 1.82) is 5.41 Å². The van der Waals surface area contributed by atoms with Gasteiger partial charge >= 0.3 is 6.09 Å². The van der Waals surface area contributed by atoms with Crippen LogP contribution in [0.5, 0.6) is 5.88 Å². The summed E-state index contributed by atoms with van der Waals surface area (Å²) >= 11 is 5.75. The maximum absolute atomic E-state index is 12.0. The predicted octanol–water partition coefficient (Wildman–Crippen LogP) is 1.20. The summed E-state index contributed by atoms with van der Waals surface area (Å²) in [4.78, 5) is 19.5. The fraction of sp³-hybridized carbons (Fsp3) is 0.600. The van der Waals surface area contributed by atoms with E-state index in [4.69, 9.17) is 38.9 Å². The number of halogens is 1. The highest BCUT2D eigenvalue weighted by atomic mass is 35.5. The molecule has 1 aliphatic carbocycles. The Morgan fingerprint density at radius 3 is 2.62 bits per heavy atom. The summed E-state index contributed by atoms with van der Waals surface area (Å²) in [5, 5.41) is 12.8. The first kappa shape index (κ1) is 19.8. The number of guanidine groups is 1. The van der Waals surface area contributed by atoms with Crippen LogP contribution < -0.4 is 32.6 Å². The highest BCUT2D eigenvalue weighted by Gasteiger charge is 2.21. The van der Waals surface area contributed by atoms with Crippen molar-refractivity contribution in [2.45, 2.75) is 44.6 Å². The number of amides is 1. The minimum atomic E-state index is -0.758. The number of aromatic nitrogens is 2. The molecule has 9 N–H and O–H groups in total. The van der Waals surface area contributed by atoms with E-state index in [0.29, 0.717) is 5.92 Å². The molecule has 1 aromatic rings. The zero-order valence-electron chi connectivity index (χ0n) is 14.4. The van der Waals surface area contributed by atoms with Crippen LogP contribution in [0, 0.1) is 11.3 Å². The number of nitrogens with one attached hydrogen (secondary N) is 3. The van der Waals surface area contributed by atoms with Gasteiger partial charge in [0.15, 0.2) is 22.7 Å². The lowest BCUT2D eigenvalue weighted by molar-refractivity contribution is 0.196. The van der Waals surface area contributed by atoms with Gasteiger partial charge in [-0.1, -0.05) is 43.7 Å². The first-order valence-corrected chi connectivity index (χ1v) is 8.87. The number of ether oxygens (including phenoxy) is 1. The molecular weight excluding hydrogens is 360 g/mol. The van der Waals surface area contributed by atoms with E-state index in [1.165, 1.54) is 19.3 Å². The predicted molar refractivity (Wildman–Crippen MR) is 99.9 cm³/mol. The molecule has 1 fully saturated rings. The summed E-state index contributed by atoms with van der Waals surface area (Å²) < 4.78 is 5.02. The lowest BCUT2D eigenvalue weighted by Crippen LogP contribution is -2.47.